The maximum atomic E-state index is 6.33. The molecule has 2 aromatic rings. The zero-order valence-electron chi connectivity index (χ0n) is 14.8. The Bertz CT molecular complexity index is 671. The van der Waals surface area contributed by atoms with Gasteiger partial charge in [0, 0.05) is 44.3 Å². The molecule has 1 unspecified atom stereocenters. The molecule has 2 aliphatic rings. The highest BCUT2D eigenvalue weighted by Gasteiger charge is 2.43. The van der Waals surface area contributed by atoms with Gasteiger partial charge in [-0.05, 0) is 50.1 Å². The largest absolute Gasteiger partial charge is 0.373 e. The van der Waals surface area contributed by atoms with Gasteiger partial charge in [0.1, 0.15) is 5.82 Å². The van der Waals surface area contributed by atoms with Crippen LogP contribution in [-0.4, -0.2) is 53.3 Å². The summed E-state index contributed by atoms with van der Waals surface area (Å²) < 4.78 is 6.33. The number of hydrogen-bond donors (Lipinski definition) is 0. The second-order valence-corrected chi connectivity index (χ2v) is 7.30. The van der Waals surface area contributed by atoms with Gasteiger partial charge in [-0.25, -0.2) is 4.98 Å². The molecule has 5 heteroatoms. The topological polar surface area (TPSA) is 41.5 Å². The Kier molecular flexibility index (Phi) is 4.68. The third-order valence-corrected chi connectivity index (χ3v) is 5.62. The SMILES string of the molecule is CN(Cc1cccnc1)C1COC2(CCN(c3ccccn3)CC2)C1. The summed E-state index contributed by atoms with van der Waals surface area (Å²) in [6.45, 7) is 3.81. The van der Waals surface area contributed by atoms with Crippen LogP contribution < -0.4 is 4.90 Å². The predicted molar refractivity (Wildman–Crippen MR) is 98.5 cm³/mol. The van der Waals surface area contributed by atoms with Crippen molar-refractivity contribution < 1.29 is 4.74 Å². The fraction of sp³-hybridized carbons (Fsp3) is 0.500. The highest BCUT2D eigenvalue weighted by atomic mass is 16.5. The van der Waals surface area contributed by atoms with Crippen LogP contribution in [0.25, 0.3) is 0 Å². The molecule has 1 spiro atoms. The first-order valence-electron chi connectivity index (χ1n) is 9.13. The molecule has 0 aliphatic carbocycles. The Balaban J connectivity index is 1.33. The molecule has 4 heterocycles. The number of hydrogen-bond acceptors (Lipinski definition) is 5. The summed E-state index contributed by atoms with van der Waals surface area (Å²) in [5.74, 6) is 1.08. The summed E-state index contributed by atoms with van der Waals surface area (Å²) in [6, 6.07) is 10.8. The lowest BCUT2D eigenvalue weighted by molar-refractivity contribution is -0.0158. The minimum atomic E-state index is 0.0547. The molecule has 132 valence electrons. The average Bonchev–Trinajstić information content (AvgIpc) is 3.08. The standard InChI is InChI=1S/C20H26N4O/c1-23(15-17-5-4-9-21-14-17)18-13-20(25-16-18)7-11-24(12-8-20)19-6-2-3-10-22-19/h2-6,9-10,14,18H,7-8,11-13,15-16H2,1H3. The molecule has 0 amide bonds. The minimum absolute atomic E-state index is 0.0547. The van der Waals surface area contributed by atoms with Crippen LogP contribution in [-0.2, 0) is 11.3 Å². The maximum absolute atomic E-state index is 6.33. The van der Waals surface area contributed by atoms with Crippen molar-refractivity contribution in [1.29, 1.82) is 0 Å². The van der Waals surface area contributed by atoms with E-state index in [0.717, 1.165) is 51.3 Å². The van der Waals surface area contributed by atoms with Gasteiger partial charge in [-0.1, -0.05) is 12.1 Å². The first-order chi connectivity index (χ1) is 12.2. The highest BCUT2D eigenvalue weighted by molar-refractivity contribution is 5.38. The molecule has 2 aliphatic heterocycles. The van der Waals surface area contributed by atoms with E-state index in [9.17, 15) is 0 Å². The zero-order valence-corrected chi connectivity index (χ0v) is 14.8. The van der Waals surface area contributed by atoms with E-state index in [-0.39, 0.29) is 5.60 Å². The van der Waals surface area contributed by atoms with Gasteiger partial charge < -0.3 is 9.64 Å². The Morgan fingerprint density at radius 3 is 2.80 bits per heavy atom. The van der Waals surface area contributed by atoms with Crippen molar-refractivity contribution in [1.82, 2.24) is 14.9 Å². The van der Waals surface area contributed by atoms with Gasteiger partial charge in [-0.2, -0.15) is 0 Å². The van der Waals surface area contributed by atoms with Gasteiger partial charge in [0.25, 0.3) is 0 Å². The van der Waals surface area contributed by atoms with Crippen LogP contribution in [0, 0.1) is 0 Å². The summed E-state index contributed by atoms with van der Waals surface area (Å²) in [5, 5.41) is 0. The van der Waals surface area contributed by atoms with E-state index in [1.165, 1.54) is 5.56 Å². The van der Waals surface area contributed by atoms with Crippen molar-refractivity contribution in [2.75, 3.05) is 31.6 Å². The number of anilines is 1. The van der Waals surface area contributed by atoms with Crippen LogP contribution in [0.3, 0.4) is 0 Å². The average molecular weight is 338 g/mol. The summed E-state index contributed by atoms with van der Waals surface area (Å²) in [6.07, 6.45) is 8.94. The van der Waals surface area contributed by atoms with Crippen LogP contribution in [0.4, 0.5) is 5.82 Å². The smallest absolute Gasteiger partial charge is 0.128 e. The molecule has 2 fully saturated rings. The van der Waals surface area contributed by atoms with Crippen molar-refractivity contribution in [3.05, 3.63) is 54.5 Å². The molecule has 0 N–H and O–H groups in total. The van der Waals surface area contributed by atoms with Crippen LogP contribution in [0.15, 0.2) is 48.9 Å². The quantitative estimate of drug-likeness (QED) is 0.857. The fourth-order valence-electron chi connectivity index (χ4n) is 4.04. The molecular weight excluding hydrogens is 312 g/mol. The number of nitrogens with zero attached hydrogens (tertiary/aromatic N) is 4. The number of piperidine rings is 1. The first-order valence-corrected chi connectivity index (χ1v) is 9.13. The monoisotopic (exact) mass is 338 g/mol. The molecule has 0 radical (unpaired) electrons. The molecule has 1 atom stereocenters. The van der Waals surface area contributed by atoms with Crippen molar-refractivity contribution >= 4 is 5.82 Å². The third kappa shape index (κ3) is 3.67. The number of pyridine rings is 2. The van der Waals surface area contributed by atoms with Gasteiger partial charge in [0.15, 0.2) is 0 Å². The van der Waals surface area contributed by atoms with E-state index in [2.05, 4.69) is 45.0 Å². The van der Waals surface area contributed by atoms with E-state index in [0.29, 0.717) is 6.04 Å². The minimum Gasteiger partial charge on any atom is -0.373 e. The first kappa shape index (κ1) is 16.5. The Hall–Kier alpha value is -1.98. The van der Waals surface area contributed by atoms with E-state index in [1.54, 1.807) is 0 Å². The molecule has 4 rings (SSSR count). The van der Waals surface area contributed by atoms with Crippen molar-refractivity contribution in [2.24, 2.45) is 0 Å². The normalized spacial score (nSPS) is 22.6. The summed E-state index contributed by atoms with van der Waals surface area (Å²) in [5.41, 5.74) is 1.31. The Morgan fingerprint density at radius 2 is 2.08 bits per heavy atom. The van der Waals surface area contributed by atoms with Gasteiger partial charge in [-0.3, -0.25) is 9.88 Å². The van der Waals surface area contributed by atoms with Gasteiger partial charge >= 0.3 is 0 Å². The number of likely N-dealkylation sites (N-methyl/N-ethyl adjacent to an activating group) is 1. The fourth-order valence-corrected chi connectivity index (χ4v) is 4.04. The van der Waals surface area contributed by atoms with Gasteiger partial charge in [0.2, 0.25) is 0 Å². The van der Waals surface area contributed by atoms with Crippen LogP contribution in [0.5, 0.6) is 0 Å². The zero-order chi connectivity index (χ0) is 17.1. The lowest BCUT2D eigenvalue weighted by Gasteiger charge is -2.39. The van der Waals surface area contributed by atoms with Crippen LogP contribution >= 0.6 is 0 Å². The summed E-state index contributed by atoms with van der Waals surface area (Å²) in [4.78, 5) is 13.5. The summed E-state index contributed by atoms with van der Waals surface area (Å²) in [7, 11) is 2.20. The predicted octanol–water partition coefficient (Wildman–Crippen LogP) is 2.74. The van der Waals surface area contributed by atoms with E-state index in [4.69, 9.17) is 4.74 Å². The Morgan fingerprint density at radius 1 is 1.20 bits per heavy atom. The molecule has 0 bridgehead atoms. The highest BCUT2D eigenvalue weighted by Crippen LogP contribution is 2.38. The third-order valence-electron chi connectivity index (χ3n) is 5.62. The lowest BCUT2D eigenvalue weighted by Crippen LogP contribution is -2.45. The second kappa shape index (κ2) is 7.10. The van der Waals surface area contributed by atoms with Crippen LogP contribution in [0.2, 0.25) is 0 Å². The van der Waals surface area contributed by atoms with E-state index in [1.807, 2.05) is 30.7 Å². The van der Waals surface area contributed by atoms with E-state index >= 15 is 0 Å². The summed E-state index contributed by atoms with van der Waals surface area (Å²) >= 11 is 0. The number of aromatic nitrogens is 2. The molecule has 0 saturated carbocycles. The van der Waals surface area contributed by atoms with Crippen molar-refractivity contribution in [2.45, 2.75) is 37.5 Å². The molecule has 2 saturated heterocycles. The van der Waals surface area contributed by atoms with Crippen molar-refractivity contribution in [3.63, 3.8) is 0 Å². The number of ether oxygens (including phenoxy) is 1. The molecule has 0 aromatic carbocycles. The van der Waals surface area contributed by atoms with Gasteiger partial charge in [-0.15, -0.1) is 0 Å². The molecule has 2 aromatic heterocycles. The molecule has 5 nitrogen and oxygen atoms in total. The van der Waals surface area contributed by atoms with Crippen molar-refractivity contribution in [3.8, 4) is 0 Å². The molecular formula is C20H26N4O. The maximum Gasteiger partial charge on any atom is 0.128 e. The Labute approximate surface area is 149 Å². The lowest BCUT2D eigenvalue weighted by atomic mass is 9.87. The molecule has 25 heavy (non-hydrogen) atoms. The van der Waals surface area contributed by atoms with E-state index < -0.39 is 0 Å². The van der Waals surface area contributed by atoms with Crippen LogP contribution in [0.1, 0.15) is 24.8 Å². The number of rotatable bonds is 4. The second-order valence-electron chi connectivity index (χ2n) is 7.30. The van der Waals surface area contributed by atoms with Gasteiger partial charge in [0.05, 0.1) is 12.2 Å².